The molecule has 0 spiro atoms. The molecule has 0 N–H and O–H groups in total. The molecule has 0 aromatic heterocycles. The molecule has 0 bridgehead atoms. The molecule has 0 radical (unpaired) electrons. The van der Waals surface area contributed by atoms with Gasteiger partial charge in [0, 0.05) is 19.6 Å². The molecule has 2 atom stereocenters. The van der Waals surface area contributed by atoms with Gasteiger partial charge in [-0.15, -0.1) is 0 Å². The normalized spacial score (nSPS) is 22.1. The third-order valence-electron chi connectivity index (χ3n) is 5.40. The van der Waals surface area contributed by atoms with Gasteiger partial charge in [-0.25, -0.2) is 4.39 Å². The second kappa shape index (κ2) is 8.10. The summed E-state index contributed by atoms with van der Waals surface area (Å²) < 4.78 is 19.3. The van der Waals surface area contributed by atoms with Crippen molar-refractivity contribution < 1.29 is 18.7 Å². The van der Waals surface area contributed by atoms with Crippen molar-refractivity contribution >= 4 is 11.8 Å². The van der Waals surface area contributed by atoms with E-state index in [0.717, 1.165) is 5.56 Å². The van der Waals surface area contributed by atoms with Crippen molar-refractivity contribution in [3.05, 3.63) is 71.5 Å². The fourth-order valence-corrected chi connectivity index (χ4v) is 3.97. The molecule has 0 aliphatic carbocycles. The first kappa shape index (κ1) is 18.6. The zero-order chi connectivity index (χ0) is 19.5. The maximum absolute atomic E-state index is 13.4. The predicted octanol–water partition coefficient (Wildman–Crippen LogP) is 2.40. The highest BCUT2D eigenvalue weighted by Gasteiger charge is 2.42. The number of halogens is 1. The number of rotatable bonds is 4. The van der Waals surface area contributed by atoms with E-state index >= 15 is 0 Å². The molecule has 2 fully saturated rings. The molecule has 0 unspecified atom stereocenters. The van der Waals surface area contributed by atoms with Crippen molar-refractivity contribution in [2.24, 2.45) is 0 Å². The van der Waals surface area contributed by atoms with Gasteiger partial charge in [0.25, 0.3) is 0 Å². The summed E-state index contributed by atoms with van der Waals surface area (Å²) in [6, 6.07) is 15.8. The highest BCUT2D eigenvalue weighted by atomic mass is 19.1. The largest absolute Gasteiger partial charge is 0.374 e. The molecule has 2 aromatic rings. The van der Waals surface area contributed by atoms with Crippen LogP contribution in [0.25, 0.3) is 0 Å². The van der Waals surface area contributed by atoms with Crippen LogP contribution in [-0.2, 0) is 27.3 Å². The van der Waals surface area contributed by atoms with Crippen LogP contribution >= 0.6 is 0 Å². The third kappa shape index (κ3) is 4.07. The summed E-state index contributed by atoms with van der Waals surface area (Å²) in [5.74, 6) is -0.370. The lowest BCUT2D eigenvalue weighted by molar-refractivity contribution is -0.135. The van der Waals surface area contributed by atoms with Crippen LogP contribution in [0.1, 0.15) is 17.5 Å². The molecule has 0 saturated carbocycles. The molecule has 2 heterocycles. The van der Waals surface area contributed by atoms with Gasteiger partial charge >= 0.3 is 0 Å². The Bertz CT molecular complexity index is 858. The molecule has 2 saturated heterocycles. The second-order valence-electron chi connectivity index (χ2n) is 7.34. The number of hydrogen-bond acceptors (Lipinski definition) is 3. The van der Waals surface area contributed by atoms with Crippen LogP contribution in [0, 0.1) is 5.82 Å². The van der Waals surface area contributed by atoms with Gasteiger partial charge in [0.1, 0.15) is 5.82 Å². The first-order valence-electron chi connectivity index (χ1n) is 9.57. The number of benzene rings is 2. The summed E-state index contributed by atoms with van der Waals surface area (Å²) >= 11 is 0. The molecule has 6 heteroatoms. The Morgan fingerprint density at radius 2 is 1.86 bits per heavy atom. The number of likely N-dealkylation sites (tertiary alicyclic amines) is 1. The first-order valence-corrected chi connectivity index (χ1v) is 9.57. The second-order valence-corrected chi connectivity index (χ2v) is 7.34. The maximum atomic E-state index is 13.4. The maximum Gasteiger partial charge on any atom is 0.227 e. The zero-order valence-electron chi connectivity index (χ0n) is 15.6. The Labute approximate surface area is 163 Å². The Kier molecular flexibility index (Phi) is 5.39. The molecule has 2 aliphatic rings. The monoisotopic (exact) mass is 382 g/mol. The van der Waals surface area contributed by atoms with Gasteiger partial charge in [0.15, 0.2) is 0 Å². The SMILES string of the molecule is O=C(Cc1cccc(F)c1)N1C[C@@H]2OCCC(=O)N(Cc3ccccc3)[C@H]2C1. The lowest BCUT2D eigenvalue weighted by Crippen LogP contribution is -2.45. The van der Waals surface area contributed by atoms with Crippen LogP contribution in [0.15, 0.2) is 54.6 Å². The molecule has 4 rings (SSSR count). The number of ether oxygens (including phenoxy) is 1. The lowest BCUT2D eigenvalue weighted by atomic mass is 10.1. The van der Waals surface area contributed by atoms with Crippen LogP contribution < -0.4 is 0 Å². The summed E-state index contributed by atoms with van der Waals surface area (Å²) in [4.78, 5) is 29.0. The van der Waals surface area contributed by atoms with Gasteiger partial charge < -0.3 is 14.5 Å². The fraction of sp³-hybridized carbons (Fsp3) is 0.364. The minimum absolute atomic E-state index is 0.0517. The summed E-state index contributed by atoms with van der Waals surface area (Å²) in [6.07, 6.45) is 0.313. The predicted molar refractivity (Wildman–Crippen MR) is 102 cm³/mol. The van der Waals surface area contributed by atoms with E-state index in [1.54, 1.807) is 17.0 Å². The number of nitrogens with zero attached hydrogens (tertiary/aromatic N) is 2. The van der Waals surface area contributed by atoms with Crippen LogP contribution in [0.2, 0.25) is 0 Å². The Morgan fingerprint density at radius 3 is 2.64 bits per heavy atom. The van der Waals surface area contributed by atoms with E-state index < -0.39 is 0 Å². The standard InChI is InChI=1S/C22H23FN2O3/c23-18-8-4-7-17(11-18)12-22(27)24-14-19-20(15-24)28-10-9-21(26)25(19)13-16-5-2-1-3-6-16/h1-8,11,19-20H,9-10,12-15H2/t19-,20-/m0/s1. The van der Waals surface area contributed by atoms with Crippen LogP contribution in [0.4, 0.5) is 4.39 Å². The highest BCUT2D eigenvalue weighted by Crippen LogP contribution is 2.25. The summed E-state index contributed by atoms with van der Waals surface area (Å²) in [7, 11) is 0. The number of amides is 2. The van der Waals surface area contributed by atoms with Gasteiger partial charge in [-0.3, -0.25) is 9.59 Å². The third-order valence-corrected chi connectivity index (χ3v) is 5.40. The van der Waals surface area contributed by atoms with E-state index in [-0.39, 0.29) is 36.2 Å². The molecule has 5 nitrogen and oxygen atoms in total. The number of fused-ring (bicyclic) bond motifs is 1. The Morgan fingerprint density at radius 1 is 1.07 bits per heavy atom. The van der Waals surface area contributed by atoms with E-state index in [1.807, 2.05) is 35.2 Å². The number of hydrogen-bond donors (Lipinski definition) is 0. The van der Waals surface area contributed by atoms with Gasteiger partial charge in [0.2, 0.25) is 11.8 Å². The molecule has 2 aliphatic heterocycles. The van der Waals surface area contributed by atoms with Gasteiger partial charge in [-0.1, -0.05) is 42.5 Å². The lowest BCUT2D eigenvalue weighted by Gasteiger charge is -2.29. The highest BCUT2D eigenvalue weighted by molar-refractivity contribution is 5.80. The van der Waals surface area contributed by atoms with E-state index in [0.29, 0.717) is 38.2 Å². The average Bonchev–Trinajstić information content (AvgIpc) is 3.05. The van der Waals surface area contributed by atoms with Crippen LogP contribution in [0.5, 0.6) is 0 Å². The molecule has 146 valence electrons. The summed E-state index contributed by atoms with van der Waals surface area (Å²) in [5.41, 5.74) is 1.70. The van der Waals surface area contributed by atoms with Crippen molar-refractivity contribution in [3.63, 3.8) is 0 Å². The Hall–Kier alpha value is -2.73. The van der Waals surface area contributed by atoms with Gasteiger partial charge in [0.05, 0.1) is 31.6 Å². The quantitative estimate of drug-likeness (QED) is 0.816. The minimum atomic E-state index is -0.347. The number of carbonyl (C=O) groups is 2. The van der Waals surface area contributed by atoms with Crippen molar-refractivity contribution in [1.82, 2.24) is 9.80 Å². The van der Waals surface area contributed by atoms with Gasteiger partial charge in [-0.2, -0.15) is 0 Å². The van der Waals surface area contributed by atoms with Crippen LogP contribution in [0.3, 0.4) is 0 Å². The minimum Gasteiger partial charge on any atom is -0.374 e. The molecule has 2 amide bonds. The van der Waals surface area contributed by atoms with E-state index in [1.165, 1.54) is 12.1 Å². The van der Waals surface area contributed by atoms with E-state index in [4.69, 9.17) is 4.74 Å². The smallest absolute Gasteiger partial charge is 0.227 e. The number of carbonyl (C=O) groups excluding carboxylic acids is 2. The van der Waals surface area contributed by atoms with Crippen molar-refractivity contribution in [3.8, 4) is 0 Å². The topological polar surface area (TPSA) is 49.9 Å². The fourth-order valence-electron chi connectivity index (χ4n) is 3.97. The first-order chi connectivity index (χ1) is 13.6. The van der Waals surface area contributed by atoms with Crippen molar-refractivity contribution in [1.29, 1.82) is 0 Å². The molecule has 2 aromatic carbocycles. The molecular weight excluding hydrogens is 359 g/mol. The molecule has 28 heavy (non-hydrogen) atoms. The summed E-state index contributed by atoms with van der Waals surface area (Å²) in [6.45, 7) is 1.78. The van der Waals surface area contributed by atoms with E-state index in [2.05, 4.69) is 0 Å². The Balaban J connectivity index is 1.48. The average molecular weight is 382 g/mol. The van der Waals surface area contributed by atoms with Crippen LogP contribution in [-0.4, -0.2) is 53.5 Å². The van der Waals surface area contributed by atoms with Gasteiger partial charge in [-0.05, 0) is 23.3 Å². The van der Waals surface area contributed by atoms with Crippen molar-refractivity contribution in [2.75, 3.05) is 19.7 Å². The van der Waals surface area contributed by atoms with E-state index in [9.17, 15) is 14.0 Å². The molecular formula is C22H23FN2O3. The zero-order valence-corrected chi connectivity index (χ0v) is 15.6. The summed E-state index contributed by atoms with van der Waals surface area (Å²) in [5, 5.41) is 0. The van der Waals surface area contributed by atoms with Crippen molar-refractivity contribution in [2.45, 2.75) is 31.5 Å².